The van der Waals surface area contributed by atoms with E-state index >= 15 is 0 Å². The first-order valence-electron chi connectivity index (χ1n) is 5.26. The number of aryl methyl sites for hydroxylation is 1. The highest BCUT2D eigenvalue weighted by Gasteiger charge is 2.19. The Morgan fingerprint density at radius 2 is 2.21 bits per heavy atom. The molecule has 0 saturated carbocycles. The van der Waals surface area contributed by atoms with Crippen molar-refractivity contribution in [3.63, 3.8) is 0 Å². The summed E-state index contributed by atoms with van der Waals surface area (Å²) in [5.41, 5.74) is 7.67. The van der Waals surface area contributed by atoms with Crippen LogP contribution in [0.2, 0.25) is 0 Å². The number of rotatable bonds is 5. The molecule has 80 valence electrons. The fraction of sp³-hybridized carbons (Fsp3) is 0.667. The van der Waals surface area contributed by atoms with Gasteiger partial charge in [-0.1, -0.05) is 13.8 Å². The van der Waals surface area contributed by atoms with E-state index in [-0.39, 0.29) is 0 Å². The van der Waals surface area contributed by atoms with Crippen molar-refractivity contribution in [3.8, 4) is 0 Å². The van der Waals surface area contributed by atoms with Crippen molar-refractivity contribution in [3.05, 3.63) is 22.4 Å². The number of hydrogen-bond donors (Lipinski definition) is 1. The minimum Gasteiger partial charge on any atom is -0.328 e. The Morgan fingerprint density at radius 1 is 1.50 bits per heavy atom. The van der Waals surface area contributed by atoms with Gasteiger partial charge in [0.1, 0.15) is 0 Å². The van der Waals surface area contributed by atoms with Gasteiger partial charge in [-0.05, 0) is 54.0 Å². The minimum absolute atomic E-state index is 0.312. The standard InChI is InChI=1S/C12H21NS/c1-10(13)8-12(2,3)6-4-11-5-7-14-9-11/h5,7,9-10H,4,6,8,13H2,1-3H3. The van der Waals surface area contributed by atoms with E-state index in [0.29, 0.717) is 11.5 Å². The summed E-state index contributed by atoms with van der Waals surface area (Å²) in [5, 5.41) is 4.38. The lowest BCUT2D eigenvalue weighted by molar-refractivity contribution is 0.288. The van der Waals surface area contributed by atoms with Crippen molar-refractivity contribution in [1.29, 1.82) is 0 Å². The van der Waals surface area contributed by atoms with Gasteiger partial charge in [0.15, 0.2) is 0 Å². The summed E-state index contributed by atoms with van der Waals surface area (Å²) in [6.07, 6.45) is 3.52. The Hall–Kier alpha value is -0.340. The highest BCUT2D eigenvalue weighted by atomic mass is 32.1. The molecule has 1 atom stereocenters. The van der Waals surface area contributed by atoms with Gasteiger partial charge in [0.25, 0.3) is 0 Å². The molecular weight excluding hydrogens is 190 g/mol. The molecule has 2 N–H and O–H groups in total. The van der Waals surface area contributed by atoms with Gasteiger partial charge in [0.2, 0.25) is 0 Å². The van der Waals surface area contributed by atoms with E-state index in [4.69, 9.17) is 5.73 Å². The summed E-state index contributed by atoms with van der Waals surface area (Å²) in [6, 6.07) is 2.53. The molecule has 0 radical (unpaired) electrons. The summed E-state index contributed by atoms with van der Waals surface area (Å²) in [6.45, 7) is 6.71. The monoisotopic (exact) mass is 211 g/mol. The second kappa shape index (κ2) is 4.94. The molecule has 0 aliphatic carbocycles. The zero-order chi connectivity index (χ0) is 10.6. The fourth-order valence-electron chi connectivity index (χ4n) is 1.89. The fourth-order valence-corrected chi connectivity index (χ4v) is 2.59. The van der Waals surface area contributed by atoms with Crippen molar-refractivity contribution in [2.45, 2.75) is 46.1 Å². The van der Waals surface area contributed by atoms with Crippen molar-refractivity contribution in [2.75, 3.05) is 0 Å². The molecule has 1 aromatic rings. The van der Waals surface area contributed by atoms with E-state index in [9.17, 15) is 0 Å². The molecular formula is C12H21NS. The normalized spacial score (nSPS) is 14.3. The van der Waals surface area contributed by atoms with Crippen molar-refractivity contribution in [1.82, 2.24) is 0 Å². The zero-order valence-corrected chi connectivity index (χ0v) is 10.2. The van der Waals surface area contributed by atoms with Crippen LogP contribution in [0.3, 0.4) is 0 Å². The molecule has 1 heterocycles. The van der Waals surface area contributed by atoms with Crippen molar-refractivity contribution < 1.29 is 0 Å². The average Bonchev–Trinajstić information content (AvgIpc) is 2.50. The predicted molar refractivity (Wildman–Crippen MR) is 64.7 cm³/mol. The number of nitrogens with two attached hydrogens (primary N) is 1. The van der Waals surface area contributed by atoms with Crippen molar-refractivity contribution in [2.24, 2.45) is 11.1 Å². The number of hydrogen-bond acceptors (Lipinski definition) is 2. The molecule has 1 nitrogen and oxygen atoms in total. The molecule has 0 aliphatic rings. The van der Waals surface area contributed by atoms with Crippen LogP contribution in [0, 0.1) is 5.41 Å². The molecule has 14 heavy (non-hydrogen) atoms. The third-order valence-corrected chi connectivity index (χ3v) is 3.28. The molecule has 0 bridgehead atoms. The van der Waals surface area contributed by atoms with Gasteiger partial charge in [-0.2, -0.15) is 11.3 Å². The lowest BCUT2D eigenvalue weighted by atomic mass is 9.81. The number of thiophene rings is 1. The molecule has 0 spiro atoms. The van der Waals surface area contributed by atoms with Crippen LogP contribution in [-0.4, -0.2) is 6.04 Å². The first-order chi connectivity index (χ1) is 6.49. The quantitative estimate of drug-likeness (QED) is 0.793. The Bertz CT molecular complexity index is 249. The Labute approximate surface area is 91.3 Å². The van der Waals surface area contributed by atoms with Crippen LogP contribution >= 0.6 is 11.3 Å². The van der Waals surface area contributed by atoms with E-state index in [1.54, 1.807) is 11.3 Å². The first kappa shape index (κ1) is 11.7. The maximum atomic E-state index is 5.83. The van der Waals surface area contributed by atoms with Crippen LogP contribution in [0.1, 0.15) is 39.2 Å². The smallest absolute Gasteiger partial charge is 0.00155 e. The van der Waals surface area contributed by atoms with Gasteiger partial charge in [-0.25, -0.2) is 0 Å². The highest BCUT2D eigenvalue weighted by molar-refractivity contribution is 7.07. The molecule has 0 aliphatic heterocycles. The van der Waals surface area contributed by atoms with E-state index < -0.39 is 0 Å². The largest absolute Gasteiger partial charge is 0.328 e. The summed E-state index contributed by atoms with van der Waals surface area (Å²) in [4.78, 5) is 0. The minimum atomic E-state index is 0.312. The summed E-state index contributed by atoms with van der Waals surface area (Å²) < 4.78 is 0. The zero-order valence-electron chi connectivity index (χ0n) is 9.42. The summed E-state index contributed by atoms with van der Waals surface area (Å²) >= 11 is 1.78. The van der Waals surface area contributed by atoms with Gasteiger partial charge in [-0.15, -0.1) is 0 Å². The van der Waals surface area contributed by atoms with Crippen molar-refractivity contribution >= 4 is 11.3 Å². The van der Waals surface area contributed by atoms with Gasteiger partial charge in [0, 0.05) is 6.04 Å². The SMILES string of the molecule is CC(N)CC(C)(C)CCc1ccsc1. The van der Waals surface area contributed by atoms with Gasteiger partial charge < -0.3 is 5.73 Å². The molecule has 2 heteroatoms. The van der Waals surface area contributed by atoms with E-state index in [0.717, 1.165) is 6.42 Å². The van der Waals surface area contributed by atoms with Crippen LogP contribution in [0.15, 0.2) is 16.8 Å². The van der Waals surface area contributed by atoms with E-state index in [1.165, 1.54) is 18.4 Å². The van der Waals surface area contributed by atoms with Gasteiger partial charge >= 0.3 is 0 Å². The molecule has 1 unspecified atom stereocenters. The maximum Gasteiger partial charge on any atom is 0.00155 e. The topological polar surface area (TPSA) is 26.0 Å². The third-order valence-electron chi connectivity index (χ3n) is 2.55. The van der Waals surface area contributed by atoms with Crippen LogP contribution in [0.4, 0.5) is 0 Å². The first-order valence-corrected chi connectivity index (χ1v) is 6.20. The van der Waals surface area contributed by atoms with Crippen LogP contribution < -0.4 is 5.73 Å². The maximum absolute atomic E-state index is 5.83. The summed E-state index contributed by atoms with van der Waals surface area (Å²) in [5.74, 6) is 0. The van der Waals surface area contributed by atoms with Crippen LogP contribution in [0.25, 0.3) is 0 Å². The molecule has 0 aromatic carbocycles. The van der Waals surface area contributed by atoms with Crippen LogP contribution in [0.5, 0.6) is 0 Å². The third kappa shape index (κ3) is 4.25. The molecule has 1 aromatic heterocycles. The Kier molecular flexibility index (Phi) is 4.14. The Balaban J connectivity index is 2.36. The second-order valence-electron chi connectivity index (χ2n) is 4.98. The second-order valence-corrected chi connectivity index (χ2v) is 5.76. The predicted octanol–water partition coefficient (Wildman–Crippen LogP) is 3.44. The lowest BCUT2D eigenvalue weighted by Crippen LogP contribution is -2.25. The average molecular weight is 211 g/mol. The van der Waals surface area contributed by atoms with E-state index in [1.807, 2.05) is 0 Å². The van der Waals surface area contributed by atoms with Gasteiger partial charge in [-0.3, -0.25) is 0 Å². The highest BCUT2D eigenvalue weighted by Crippen LogP contribution is 2.28. The molecule has 0 saturated heterocycles. The molecule has 0 fully saturated rings. The lowest BCUT2D eigenvalue weighted by Gasteiger charge is -2.26. The van der Waals surface area contributed by atoms with Gasteiger partial charge in [0.05, 0.1) is 0 Å². The van der Waals surface area contributed by atoms with Crippen LogP contribution in [-0.2, 0) is 6.42 Å². The Morgan fingerprint density at radius 3 is 2.71 bits per heavy atom. The molecule has 0 amide bonds. The molecule has 1 rings (SSSR count). The van der Waals surface area contributed by atoms with E-state index in [2.05, 4.69) is 37.6 Å². The summed E-state index contributed by atoms with van der Waals surface area (Å²) in [7, 11) is 0.